The van der Waals surface area contributed by atoms with Crippen LogP contribution in [0.25, 0.3) is 0 Å². The van der Waals surface area contributed by atoms with Crippen LogP contribution in [-0.4, -0.2) is 25.3 Å². The van der Waals surface area contributed by atoms with Crippen LogP contribution in [0.2, 0.25) is 0 Å². The van der Waals surface area contributed by atoms with Gasteiger partial charge in [0, 0.05) is 4.88 Å². The molecule has 136 valence electrons. The fraction of sp³-hybridized carbons (Fsp3) is 0.316. The Morgan fingerprint density at radius 3 is 2.65 bits per heavy atom. The van der Waals surface area contributed by atoms with E-state index < -0.39 is 12.0 Å². The predicted molar refractivity (Wildman–Crippen MR) is 103 cm³/mol. The van der Waals surface area contributed by atoms with E-state index in [1.165, 1.54) is 18.4 Å². The molecule has 7 heteroatoms. The van der Waals surface area contributed by atoms with Gasteiger partial charge in [-0.3, -0.25) is 5.32 Å². The minimum atomic E-state index is -0.489. The molecule has 26 heavy (non-hydrogen) atoms. The summed E-state index contributed by atoms with van der Waals surface area (Å²) in [4.78, 5) is 25.5. The molecule has 0 bridgehead atoms. The van der Waals surface area contributed by atoms with E-state index in [-0.39, 0.29) is 0 Å². The lowest BCUT2D eigenvalue weighted by molar-refractivity contribution is 0.0601. The number of aryl methyl sites for hydroxylation is 2. The molecule has 0 atom stereocenters. The van der Waals surface area contributed by atoms with Gasteiger partial charge in [0.25, 0.3) is 0 Å². The summed E-state index contributed by atoms with van der Waals surface area (Å²) in [5, 5.41) is 7.20. The number of benzene rings is 1. The van der Waals surface area contributed by atoms with Gasteiger partial charge in [0.1, 0.15) is 5.00 Å². The lowest BCUT2D eigenvalue weighted by atomic mass is 9.95. The Bertz CT molecular complexity index is 840. The zero-order chi connectivity index (χ0) is 18.5. The topological polar surface area (TPSA) is 79.8 Å². The van der Waals surface area contributed by atoms with Crippen LogP contribution in [0.15, 0.2) is 29.4 Å². The predicted octanol–water partition coefficient (Wildman–Crippen LogP) is 3.88. The number of ether oxygens (including phenoxy) is 1. The minimum absolute atomic E-state index is 0.414. The zero-order valence-electron chi connectivity index (χ0n) is 14.8. The smallest absolute Gasteiger partial charge is 0.341 e. The van der Waals surface area contributed by atoms with E-state index in [2.05, 4.69) is 15.8 Å². The number of amides is 2. The minimum Gasteiger partial charge on any atom is -0.465 e. The second-order valence-corrected chi connectivity index (χ2v) is 7.25. The van der Waals surface area contributed by atoms with E-state index in [4.69, 9.17) is 4.74 Å². The summed E-state index contributed by atoms with van der Waals surface area (Å²) in [5.41, 5.74) is 5.96. The summed E-state index contributed by atoms with van der Waals surface area (Å²) in [5.74, 6) is -0.414. The number of rotatable bonds is 4. The van der Waals surface area contributed by atoms with Gasteiger partial charge in [-0.1, -0.05) is 29.8 Å². The van der Waals surface area contributed by atoms with E-state index in [1.54, 1.807) is 6.21 Å². The molecule has 1 aromatic heterocycles. The maximum absolute atomic E-state index is 12.2. The highest BCUT2D eigenvalue weighted by atomic mass is 32.1. The molecule has 0 spiro atoms. The molecule has 1 heterocycles. The van der Waals surface area contributed by atoms with Crippen molar-refractivity contribution in [2.75, 3.05) is 12.4 Å². The number of hydrazone groups is 1. The highest BCUT2D eigenvalue weighted by Gasteiger charge is 2.26. The van der Waals surface area contributed by atoms with Gasteiger partial charge in [-0.05, 0) is 43.7 Å². The summed E-state index contributed by atoms with van der Waals surface area (Å²) < 4.78 is 4.90. The number of thiophene rings is 1. The maximum Gasteiger partial charge on any atom is 0.341 e. The van der Waals surface area contributed by atoms with Gasteiger partial charge in [0.2, 0.25) is 0 Å². The quantitative estimate of drug-likeness (QED) is 0.486. The molecule has 0 saturated carbocycles. The number of anilines is 1. The first-order chi connectivity index (χ1) is 12.6. The monoisotopic (exact) mass is 371 g/mol. The van der Waals surface area contributed by atoms with E-state index in [1.807, 2.05) is 31.2 Å². The number of methoxy groups -OCH3 is 1. The van der Waals surface area contributed by atoms with Crippen LogP contribution in [0.5, 0.6) is 0 Å². The number of carbonyl (C=O) groups is 2. The first kappa shape index (κ1) is 18.1. The normalized spacial score (nSPS) is 13.3. The third-order valence-corrected chi connectivity index (χ3v) is 5.45. The molecule has 2 amide bonds. The molecule has 1 aromatic carbocycles. The highest BCUT2D eigenvalue weighted by Crippen LogP contribution is 2.38. The van der Waals surface area contributed by atoms with Crippen molar-refractivity contribution < 1.29 is 14.3 Å². The molecular formula is C19H21N3O3S. The van der Waals surface area contributed by atoms with Crippen molar-refractivity contribution in [3.8, 4) is 0 Å². The third-order valence-electron chi connectivity index (χ3n) is 4.24. The fourth-order valence-corrected chi connectivity index (χ4v) is 4.19. The van der Waals surface area contributed by atoms with Crippen molar-refractivity contribution in [1.82, 2.24) is 5.43 Å². The summed E-state index contributed by atoms with van der Waals surface area (Å²) in [6.45, 7) is 2.01. The molecule has 0 saturated heterocycles. The number of hydrogen-bond donors (Lipinski definition) is 2. The van der Waals surface area contributed by atoms with Crippen molar-refractivity contribution >= 4 is 34.6 Å². The molecule has 3 rings (SSSR count). The Labute approximate surface area is 156 Å². The molecule has 0 unspecified atom stereocenters. The highest BCUT2D eigenvalue weighted by molar-refractivity contribution is 7.17. The summed E-state index contributed by atoms with van der Waals surface area (Å²) >= 11 is 1.44. The average molecular weight is 371 g/mol. The molecule has 2 N–H and O–H groups in total. The number of nitrogens with zero attached hydrogens (tertiary/aromatic N) is 1. The largest absolute Gasteiger partial charge is 0.465 e. The van der Waals surface area contributed by atoms with Crippen LogP contribution in [0.1, 0.15) is 44.8 Å². The van der Waals surface area contributed by atoms with Crippen LogP contribution in [0.3, 0.4) is 0 Å². The SMILES string of the molecule is COC(=O)c1c(NC(=O)NN=Cc2ccc(C)cc2)sc2c1CCCC2. The number of fused-ring (bicyclic) bond motifs is 1. The molecular weight excluding hydrogens is 350 g/mol. The van der Waals surface area contributed by atoms with Gasteiger partial charge in [-0.2, -0.15) is 5.10 Å². The Hall–Kier alpha value is -2.67. The van der Waals surface area contributed by atoms with Crippen LogP contribution < -0.4 is 10.7 Å². The lowest BCUT2D eigenvalue weighted by Gasteiger charge is -2.11. The van der Waals surface area contributed by atoms with Crippen molar-refractivity contribution in [3.05, 3.63) is 51.4 Å². The van der Waals surface area contributed by atoms with Crippen molar-refractivity contribution in [3.63, 3.8) is 0 Å². The molecule has 6 nitrogen and oxygen atoms in total. The molecule has 0 aliphatic heterocycles. The van der Waals surface area contributed by atoms with Gasteiger partial charge in [0.15, 0.2) is 0 Å². The number of urea groups is 1. The Morgan fingerprint density at radius 2 is 1.92 bits per heavy atom. The zero-order valence-corrected chi connectivity index (χ0v) is 15.6. The van der Waals surface area contributed by atoms with Gasteiger partial charge in [0.05, 0.1) is 18.9 Å². The second kappa shape index (κ2) is 8.14. The number of hydrogen-bond acceptors (Lipinski definition) is 5. The van der Waals surface area contributed by atoms with E-state index >= 15 is 0 Å². The maximum atomic E-state index is 12.2. The first-order valence-corrected chi connectivity index (χ1v) is 9.29. The second-order valence-electron chi connectivity index (χ2n) is 6.14. The molecule has 0 radical (unpaired) electrons. The average Bonchev–Trinajstić information content (AvgIpc) is 3.00. The van der Waals surface area contributed by atoms with Crippen LogP contribution in [0.4, 0.5) is 9.80 Å². The van der Waals surface area contributed by atoms with E-state index in [0.29, 0.717) is 10.6 Å². The molecule has 2 aromatic rings. The van der Waals surface area contributed by atoms with Crippen LogP contribution >= 0.6 is 11.3 Å². The summed E-state index contributed by atoms with van der Waals surface area (Å²) in [6, 6.07) is 7.29. The molecule has 1 aliphatic carbocycles. The summed E-state index contributed by atoms with van der Waals surface area (Å²) in [6.07, 6.45) is 5.48. The van der Waals surface area contributed by atoms with E-state index in [0.717, 1.165) is 47.3 Å². The number of nitrogens with one attached hydrogen (secondary N) is 2. The van der Waals surface area contributed by atoms with Gasteiger partial charge < -0.3 is 4.74 Å². The molecule has 1 aliphatic rings. The fourth-order valence-electron chi connectivity index (χ4n) is 2.92. The van der Waals surface area contributed by atoms with Crippen molar-refractivity contribution in [1.29, 1.82) is 0 Å². The van der Waals surface area contributed by atoms with E-state index in [9.17, 15) is 9.59 Å². The van der Waals surface area contributed by atoms with Crippen LogP contribution in [0, 0.1) is 6.92 Å². The standard InChI is InChI=1S/C19H21N3O3S/c1-12-7-9-13(10-8-12)11-20-22-19(24)21-17-16(18(23)25-2)14-5-3-4-6-15(14)26-17/h7-11H,3-6H2,1-2H3,(H2,21,22,24). The van der Waals surface area contributed by atoms with Crippen molar-refractivity contribution in [2.45, 2.75) is 32.6 Å². The summed E-state index contributed by atoms with van der Waals surface area (Å²) in [7, 11) is 1.35. The number of esters is 1. The number of carbonyl (C=O) groups excluding carboxylic acids is 2. The van der Waals surface area contributed by atoms with Gasteiger partial charge in [-0.15, -0.1) is 11.3 Å². The Balaban J connectivity index is 1.70. The van der Waals surface area contributed by atoms with Gasteiger partial charge >= 0.3 is 12.0 Å². The first-order valence-electron chi connectivity index (χ1n) is 8.48. The Morgan fingerprint density at radius 1 is 1.19 bits per heavy atom. The third kappa shape index (κ3) is 4.11. The Kier molecular flexibility index (Phi) is 5.68. The van der Waals surface area contributed by atoms with Crippen molar-refractivity contribution in [2.24, 2.45) is 5.10 Å². The van der Waals surface area contributed by atoms with Gasteiger partial charge in [-0.25, -0.2) is 15.0 Å². The van der Waals surface area contributed by atoms with Crippen LogP contribution in [-0.2, 0) is 17.6 Å². The lowest BCUT2D eigenvalue weighted by Crippen LogP contribution is -2.24. The molecule has 0 fully saturated rings.